The van der Waals surface area contributed by atoms with Crippen molar-refractivity contribution in [3.05, 3.63) is 65.5 Å². The third kappa shape index (κ3) is 5.43. The van der Waals surface area contributed by atoms with Crippen LogP contribution in [-0.2, 0) is 0 Å². The standard InChI is InChI=1S/C25H24N4O4S/c1-16-28-29-24(32-16)18-6-8-20(9-7-18)33-22-13-19(23(30)27-25-26-10-11-34-25)12-21(14-22)31-15-17-4-2-3-5-17/h6-14,17H,2-5,15H2,1H3,(H,26,27,30). The Kier molecular flexibility index (Phi) is 6.53. The molecule has 2 heterocycles. The van der Waals surface area contributed by atoms with Crippen LogP contribution in [0, 0.1) is 12.8 Å². The van der Waals surface area contributed by atoms with Gasteiger partial charge in [0.25, 0.3) is 5.91 Å². The predicted octanol–water partition coefficient (Wildman–Crippen LogP) is 6.12. The van der Waals surface area contributed by atoms with E-state index in [4.69, 9.17) is 13.9 Å². The highest BCUT2D eigenvalue weighted by Gasteiger charge is 2.17. The second-order valence-corrected chi connectivity index (χ2v) is 9.09. The average molecular weight is 477 g/mol. The summed E-state index contributed by atoms with van der Waals surface area (Å²) in [5.41, 5.74) is 1.23. The molecule has 1 N–H and O–H groups in total. The minimum absolute atomic E-state index is 0.270. The molecule has 2 aromatic heterocycles. The van der Waals surface area contributed by atoms with Crippen LogP contribution in [0.25, 0.3) is 11.5 Å². The van der Waals surface area contributed by atoms with Crippen molar-refractivity contribution in [2.24, 2.45) is 5.92 Å². The summed E-state index contributed by atoms with van der Waals surface area (Å²) < 4.78 is 17.6. The molecule has 0 unspecified atom stereocenters. The molecule has 0 radical (unpaired) electrons. The summed E-state index contributed by atoms with van der Waals surface area (Å²) in [7, 11) is 0. The lowest BCUT2D eigenvalue weighted by atomic mass is 10.1. The van der Waals surface area contributed by atoms with Gasteiger partial charge in [0.05, 0.1) is 6.61 Å². The molecule has 174 valence electrons. The van der Waals surface area contributed by atoms with E-state index in [0.717, 1.165) is 5.56 Å². The fourth-order valence-corrected chi connectivity index (χ4v) is 4.43. The maximum Gasteiger partial charge on any atom is 0.257 e. The van der Waals surface area contributed by atoms with Gasteiger partial charge in [-0.1, -0.05) is 12.8 Å². The Morgan fingerprint density at radius 3 is 2.59 bits per heavy atom. The minimum Gasteiger partial charge on any atom is -0.493 e. The van der Waals surface area contributed by atoms with Gasteiger partial charge in [-0.15, -0.1) is 21.5 Å². The number of nitrogens with zero attached hydrogens (tertiary/aromatic N) is 3. The molecule has 0 aliphatic heterocycles. The van der Waals surface area contributed by atoms with Gasteiger partial charge in [0, 0.05) is 35.7 Å². The molecule has 0 bridgehead atoms. The van der Waals surface area contributed by atoms with Crippen LogP contribution in [0.3, 0.4) is 0 Å². The summed E-state index contributed by atoms with van der Waals surface area (Å²) in [4.78, 5) is 17.0. The molecule has 0 saturated heterocycles. The van der Waals surface area contributed by atoms with E-state index in [9.17, 15) is 4.79 Å². The molecule has 1 fully saturated rings. The number of anilines is 1. The lowest BCUT2D eigenvalue weighted by Crippen LogP contribution is -2.13. The fourth-order valence-electron chi connectivity index (χ4n) is 3.91. The minimum atomic E-state index is -0.270. The first-order valence-electron chi connectivity index (χ1n) is 11.2. The Balaban J connectivity index is 1.35. The zero-order valence-electron chi connectivity index (χ0n) is 18.7. The molecule has 1 amide bonds. The summed E-state index contributed by atoms with van der Waals surface area (Å²) >= 11 is 1.36. The van der Waals surface area contributed by atoms with E-state index in [1.165, 1.54) is 37.0 Å². The Labute approximate surface area is 201 Å². The van der Waals surface area contributed by atoms with Crippen molar-refractivity contribution < 1.29 is 18.7 Å². The third-order valence-corrected chi connectivity index (χ3v) is 6.31. The first-order chi connectivity index (χ1) is 16.6. The van der Waals surface area contributed by atoms with E-state index in [1.807, 2.05) is 35.7 Å². The Morgan fingerprint density at radius 1 is 1.09 bits per heavy atom. The Hall–Kier alpha value is -3.72. The van der Waals surface area contributed by atoms with E-state index in [1.54, 1.807) is 25.3 Å². The summed E-state index contributed by atoms with van der Waals surface area (Å²) in [6.07, 6.45) is 6.50. The quantitative estimate of drug-likeness (QED) is 0.327. The van der Waals surface area contributed by atoms with Gasteiger partial charge in [-0.2, -0.15) is 0 Å². The maximum absolute atomic E-state index is 12.9. The van der Waals surface area contributed by atoms with Crippen LogP contribution in [-0.4, -0.2) is 27.7 Å². The Bertz CT molecular complexity index is 1250. The molecular formula is C25H24N4O4S. The van der Waals surface area contributed by atoms with E-state index < -0.39 is 0 Å². The van der Waals surface area contributed by atoms with E-state index in [2.05, 4.69) is 20.5 Å². The summed E-state index contributed by atoms with van der Waals surface area (Å²) in [5.74, 6) is 2.97. The SMILES string of the molecule is Cc1nnc(-c2ccc(Oc3cc(OCC4CCCC4)cc(C(=O)Nc4nccs4)c3)cc2)o1. The number of amides is 1. The molecule has 1 saturated carbocycles. The largest absolute Gasteiger partial charge is 0.493 e. The van der Waals surface area contributed by atoms with Crippen molar-refractivity contribution in [1.29, 1.82) is 0 Å². The van der Waals surface area contributed by atoms with Crippen LogP contribution < -0.4 is 14.8 Å². The second-order valence-electron chi connectivity index (χ2n) is 8.20. The third-order valence-electron chi connectivity index (χ3n) is 5.62. The summed E-state index contributed by atoms with van der Waals surface area (Å²) in [6, 6.07) is 12.6. The lowest BCUT2D eigenvalue weighted by molar-refractivity contribution is 0.102. The number of ether oxygens (including phenoxy) is 2. The van der Waals surface area contributed by atoms with E-state index >= 15 is 0 Å². The molecule has 8 nitrogen and oxygen atoms in total. The molecule has 34 heavy (non-hydrogen) atoms. The van der Waals surface area contributed by atoms with Crippen LogP contribution >= 0.6 is 11.3 Å². The molecular weight excluding hydrogens is 452 g/mol. The number of carbonyl (C=O) groups is 1. The van der Waals surface area contributed by atoms with E-state index in [-0.39, 0.29) is 5.91 Å². The van der Waals surface area contributed by atoms with Crippen LogP contribution in [0.15, 0.2) is 58.5 Å². The second kappa shape index (κ2) is 10.0. The topological polar surface area (TPSA) is 99.4 Å². The monoisotopic (exact) mass is 476 g/mol. The van der Waals surface area contributed by atoms with E-state index in [0.29, 0.717) is 52.2 Å². The van der Waals surface area contributed by atoms with Gasteiger partial charge in [0.15, 0.2) is 5.13 Å². The first-order valence-corrected chi connectivity index (χ1v) is 12.1. The first kappa shape index (κ1) is 22.1. The number of benzene rings is 2. The Morgan fingerprint density at radius 2 is 1.88 bits per heavy atom. The van der Waals surface area contributed by atoms with Gasteiger partial charge in [-0.05, 0) is 55.2 Å². The van der Waals surface area contributed by atoms with Crippen LogP contribution in [0.5, 0.6) is 17.2 Å². The molecule has 0 spiro atoms. The van der Waals surface area contributed by atoms with Gasteiger partial charge in [0.2, 0.25) is 11.8 Å². The normalized spacial score (nSPS) is 13.7. The van der Waals surface area contributed by atoms with Crippen molar-refractivity contribution in [2.45, 2.75) is 32.6 Å². The molecule has 4 aromatic rings. The zero-order chi connectivity index (χ0) is 23.3. The number of aromatic nitrogens is 3. The number of thiazole rings is 1. The van der Waals surface area contributed by atoms with Crippen LogP contribution in [0.4, 0.5) is 5.13 Å². The maximum atomic E-state index is 12.9. The predicted molar refractivity (Wildman–Crippen MR) is 129 cm³/mol. The average Bonchev–Trinajstić information content (AvgIpc) is 3.62. The van der Waals surface area contributed by atoms with Gasteiger partial charge < -0.3 is 13.9 Å². The van der Waals surface area contributed by atoms with Gasteiger partial charge in [-0.25, -0.2) is 4.98 Å². The number of hydrogen-bond donors (Lipinski definition) is 1. The van der Waals surface area contributed by atoms with Gasteiger partial charge in [0.1, 0.15) is 17.2 Å². The molecule has 1 aliphatic rings. The smallest absolute Gasteiger partial charge is 0.257 e. The lowest BCUT2D eigenvalue weighted by Gasteiger charge is -2.14. The highest BCUT2D eigenvalue weighted by molar-refractivity contribution is 7.13. The van der Waals surface area contributed by atoms with Crippen molar-refractivity contribution in [3.8, 4) is 28.7 Å². The number of rotatable bonds is 8. The van der Waals surface area contributed by atoms with Crippen LogP contribution in [0.2, 0.25) is 0 Å². The van der Waals surface area contributed by atoms with Gasteiger partial charge in [-0.3, -0.25) is 10.1 Å². The van der Waals surface area contributed by atoms with Gasteiger partial charge >= 0.3 is 0 Å². The molecule has 0 atom stereocenters. The zero-order valence-corrected chi connectivity index (χ0v) is 19.5. The number of aryl methyl sites for hydroxylation is 1. The van der Waals surface area contributed by atoms with Crippen molar-refractivity contribution in [1.82, 2.24) is 15.2 Å². The van der Waals surface area contributed by atoms with Crippen molar-refractivity contribution in [3.63, 3.8) is 0 Å². The molecule has 1 aliphatic carbocycles. The molecule has 2 aromatic carbocycles. The number of hydrogen-bond acceptors (Lipinski definition) is 8. The molecule has 5 rings (SSSR count). The van der Waals surface area contributed by atoms with Crippen molar-refractivity contribution in [2.75, 3.05) is 11.9 Å². The van der Waals surface area contributed by atoms with Crippen molar-refractivity contribution >= 4 is 22.4 Å². The number of carbonyl (C=O) groups excluding carboxylic acids is 1. The highest BCUT2D eigenvalue weighted by atomic mass is 32.1. The van der Waals surface area contributed by atoms with Crippen LogP contribution in [0.1, 0.15) is 41.9 Å². The highest BCUT2D eigenvalue weighted by Crippen LogP contribution is 2.31. The summed E-state index contributed by atoms with van der Waals surface area (Å²) in [6.45, 7) is 2.38. The fraction of sp³-hybridized carbons (Fsp3) is 0.280. The molecule has 9 heteroatoms. The number of nitrogens with one attached hydrogen (secondary N) is 1. The summed E-state index contributed by atoms with van der Waals surface area (Å²) in [5, 5.41) is 13.1.